The highest BCUT2D eigenvalue weighted by atomic mass is 32.2. The standard InChI is InChI=1S/C18H19NOS3/c1-20-12-6-4-9(5-7-12)13-14-10-2-3-11(8-10)15(14)22-17-16(13)23-18(21)19-17/h4-7,10-11,13-15H,2-3,8H2,1H3,(H,19,21)/t10-,11-,13+,14-,15-/m1/s1. The molecule has 120 valence electrons. The number of ether oxygens (including phenoxy) is 1. The van der Waals surface area contributed by atoms with E-state index in [2.05, 4.69) is 41.0 Å². The predicted molar refractivity (Wildman–Crippen MR) is 98.3 cm³/mol. The van der Waals surface area contributed by atoms with Crippen LogP contribution >= 0.6 is 35.3 Å². The lowest BCUT2D eigenvalue weighted by Crippen LogP contribution is -2.33. The van der Waals surface area contributed by atoms with Crippen molar-refractivity contribution in [3.05, 3.63) is 38.7 Å². The van der Waals surface area contributed by atoms with Gasteiger partial charge in [0.05, 0.1) is 12.1 Å². The molecule has 5 heteroatoms. The average Bonchev–Trinajstić information content (AvgIpc) is 3.26. The van der Waals surface area contributed by atoms with Crippen LogP contribution in [0.5, 0.6) is 5.75 Å². The number of H-pyrrole nitrogens is 1. The minimum absolute atomic E-state index is 0.510. The molecule has 0 unspecified atom stereocenters. The van der Waals surface area contributed by atoms with Crippen molar-refractivity contribution in [2.45, 2.75) is 35.5 Å². The number of thioether (sulfide) groups is 1. The fraction of sp³-hybridized carbons (Fsp3) is 0.500. The maximum absolute atomic E-state index is 5.46. The van der Waals surface area contributed by atoms with Crippen LogP contribution in [0.1, 0.15) is 35.6 Å². The molecule has 5 rings (SSSR count). The number of fused-ring (bicyclic) bond motifs is 6. The van der Waals surface area contributed by atoms with Crippen molar-refractivity contribution in [2.75, 3.05) is 7.11 Å². The Balaban J connectivity index is 1.64. The van der Waals surface area contributed by atoms with Gasteiger partial charge in [-0.3, -0.25) is 0 Å². The Hall–Kier alpha value is -0.780. The van der Waals surface area contributed by atoms with E-state index in [1.165, 1.54) is 34.7 Å². The topological polar surface area (TPSA) is 25.0 Å². The fourth-order valence-electron chi connectivity index (χ4n) is 5.03. The van der Waals surface area contributed by atoms with Gasteiger partial charge in [0.25, 0.3) is 0 Å². The van der Waals surface area contributed by atoms with Crippen LogP contribution in [0, 0.1) is 21.7 Å². The molecule has 23 heavy (non-hydrogen) atoms. The van der Waals surface area contributed by atoms with E-state index in [1.54, 1.807) is 18.4 Å². The van der Waals surface area contributed by atoms with Gasteiger partial charge in [0.15, 0.2) is 3.95 Å². The van der Waals surface area contributed by atoms with Gasteiger partial charge in [-0.05, 0) is 66.9 Å². The van der Waals surface area contributed by atoms with Gasteiger partial charge >= 0.3 is 0 Å². The maximum atomic E-state index is 5.46. The van der Waals surface area contributed by atoms with E-state index in [1.807, 2.05) is 0 Å². The number of aromatic nitrogens is 1. The Bertz CT molecular complexity index is 793. The first-order chi connectivity index (χ1) is 11.2. The second-order valence-electron chi connectivity index (χ2n) is 6.95. The minimum Gasteiger partial charge on any atom is -0.497 e. The lowest BCUT2D eigenvalue weighted by atomic mass is 9.75. The lowest BCUT2D eigenvalue weighted by Gasteiger charge is -2.40. The molecule has 2 nitrogen and oxygen atoms in total. The van der Waals surface area contributed by atoms with Gasteiger partial charge in [-0.15, -0.1) is 23.1 Å². The summed E-state index contributed by atoms with van der Waals surface area (Å²) in [7, 11) is 1.73. The molecule has 2 aromatic rings. The highest BCUT2D eigenvalue weighted by molar-refractivity contribution is 8.00. The van der Waals surface area contributed by atoms with E-state index >= 15 is 0 Å². The fourth-order valence-corrected chi connectivity index (χ4v) is 8.37. The van der Waals surface area contributed by atoms with Crippen molar-refractivity contribution in [1.82, 2.24) is 4.98 Å². The maximum Gasteiger partial charge on any atom is 0.159 e. The number of thiazole rings is 1. The number of methoxy groups -OCH3 is 1. The van der Waals surface area contributed by atoms with Gasteiger partial charge in [0.2, 0.25) is 0 Å². The van der Waals surface area contributed by atoms with E-state index in [0.717, 1.165) is 32.7 Å². The van der Waals surface area contributed by atoms with Crippen LogP contribution < -0.4 is 4.74 Å². The molecule has 0 saturated heterocycles. The number of aromatic amines is 1. The Kier molecular flexibility index (Phi) is 3.39. The molecule has 1 aromatic heterocycles. The quantitative estimate of drug-likeness (QED) is 0.718. The first-order valence-electron chi connectivity index (χ1n) is 8.28. The van der Waals surface area contributed by atoms with E-state index in [-0.39, 0.29) is 0 Å². The van der Waals surface area contributed by atoms with Crippen LogP contribution in [-0.4, -0.2) is 17.3 Å². The van der Waals surface area contributed by atoms with Crippen LogP contribution in [0.4, 0.5) is 0 Å². The Morgan fingerprint density at radius 2 is 1.96 bits per heavy atom. The number of rotatable bonds is 2. The summed E-state index contributed by atoms with van der Waals surface area (Å²) in [4.78, 5) is 4.93. The van der Waals surface area contributed by atoms with Crippen LogP contribution in [0.3, 0.4) is 0 Å². The normalized spacial score (nSPS) is 34.2. The first kappa shape index (κ1) is 14.6. The molecular weight excluding hydrogens is 342 g/mol. The molecule has 2 saturated carbocycles. The van der Waals surface area contributed by atoms with Gasteiger partial charge in [0.1, 0.15) is 5.75 Å². The average molecular weight is 362 g/mol. The van der Waals surface area contributed by atoms with Gasteiger partial charge < -0.3 is 9.72 Å². The van der Waals surface area contributed by atoms with Gasteiger partial charge in [-0.25, -0.2) is 0 Å². The summed E-state index contributed by atoms with van der Waals surface area (Å²) in [6, 6.07) is 8.72. The summed E-state index contributed by atoms with van der Waals surface area (Å²) in [5.74, 6) is 4.03. The van der Waals surface area contributed by atoms with Crippen LogP contribution in [0.15, 0.2) is 29.3 Å². The largest absolute Gasteiger partial charge is 0.497 e. The van der Waals surface area contributed by atoms with Crippen molar-refractivity contribution in [3.8, 4) is 5.75 Å². The summed E-state index contributed by atoms with van der Waals surface area (Å²) in [6.07, 6.45) is 4.28. The molecule has 2 aliphatic carbocycles. The molecule has 0 radical (unpaired) electrons. The van der Waals surface area contributed by atoms with E-state index in [9.17, 15) is 0 Å². The molecule has 0 spiro atoms. The van der Waals surface area contributed by atoms with Crippen LogP contribution in [0.25, 0.3) is 0 Å². The number of benzene rings is 1. The molecule has 1 N–H and O–H groups in total. The molecule has 1 aromatic carbocycles. The van der Waals surface area contributed by atoms with Crippen molar-refractivity contribution in [3.63, 3.8) is 0 Å². The Morgan fingerprint density at radius 1 is 1.17 bits per heavy atom. The highest BCUT2D eigenvalue weighted by Crippen LogP contribution is 2.64. The van der Waals surface area contributed by atoms with Gasteiger partial charge in [-0.1, -0.05) is 12.1 Å². The van der Waals surface area contributed by atoms with Crippen LogP contribution in [-0.2, 0) is 0 Å². The highest BCUT2D eigenvalue weighted by Gasteiger charge is 2.54. The molecule has 2 fully saturated rings. The zero-order chi connectivity index (χ0) is 15.6. The van der Waals surface area contributed by atoms with Crippen molar-refractivity contribution in [2.24, 2.45) is 17.8 Å². The SMILES string of the molecule is COc1ccc([C@@H]2c3sc(=S)[nH]c3S[C@@H]3[C@@H]4CC[C@H](C4)[C@H]23)cc1. The van der Waals surface area contributed by atoms with Crippen molar-refractivity contribution in [1.29, 1.82) is 0 Å². The third-order valence-corrected chi connectivity index (χ3v) is 8.92. The predicted octanol–water partition coefficient (Wildman–Crippen LogP) is 5.47. The summed E-state index contributed by atoms with van der Waals surface area (Å²) < 4.78 is 6.27. The van der Waals surface area contributed by atoms with E-state index in [4.69, 9.17) is 17.0 Å². The Morgan fingerprint density at radius 3 is 2.74 bits per heavy atom. The monoisotopic (exact) mass is 361 g/mol. The third kappa shape index (κ3) is 2.16. The molecule has 0 amide bonds. The molecule has 1 aliphatic heterocycles. The second-order valence-corrected chi connectivity index (χ2v) is 9.86. The summed E-state index contributed by atoms with van der Waals surface area (Å²) in [6.45, 7) is 0. The molecular formula is C18H19NOS3. The van der Waals surface area contributed by atoms with Crippen molar-refractivity contribution < 1.29 is 4.74 Å². The molecule has 5 atom stereocenters. The van der Waals surface area contributed by atoms with E-state index < -0.39 is 0 Å². The second kappa shape index (κ2) is 5.36. The zero-order valence-electron chi connectivity index (χ0n) is 13.0. The van der Waals surface area contributed by atoms with Gasteiger partial charge in [0, 0.05) is 16.0 Å². The zero-order valence-corrected chi connectivity index (χ0v) is 15.4. The van der Waals surface area contributed by atoms with Gasteiger partial charge in [-0.2, -0.15) is 0 Å². The smallest absolute Gasteiger partial charge is 0.159 e. The first-order valence-corrected chi connectivity index (χ1v) is 10.4. The van der Waals surface area contributed by atoms with Crippen molar-refractivity contribution >= 4 is 35.3 Å². The number of hydrogen-bond donors (Lipinski definition) is 1. The molecule has 2 heterocycles. The van der Waals surface area contributed by atoms with E-state index in [0.29, 0.717) is 5.92 Å². The number of hydrogen-bond acceptors (Lipinski definition) is 4. The summed E-state index contributed by atoms with van der Waals surface area (Å²) in [5, 5.41) is 2.11. The third-order valence-electron chi connectivity index (χ3n) is 5.94. The Labute approximate surface area is 149 Å². The molecule has 2 bridgehead atoms. The molecule has 3 aliphatic rings. The summed E-state index contributed by atoms with van der Waals surface area (Å²) >= 11 is 9.33. The summed E-state index contributed by atoms with van der Waals surface area (Å²) in [5.41, 5.74) is 1.43. The number of nitrogens with one attached hydrogen (secondary N) is 1. The minimum atomic E-state index is 0.510. The van der Waals surface area contributed by atoms with Crippen LogP contribution in [0.2, 0.25) is 0 Å². The lowest BCUT2D eigenvalue weighted by molar-refractivity contribution is 0.307.